The van der Waals surface area contributed by atoms with E-state index in [1.807, 2.05) is 32.3 Å². The van der Waals surface area contributed by atoms with Gasteiger partial charge in [0.25, 0.3) is 0 Å². The van der Waals surface area contributed by atoms with Gasteiger partial charge >= 0.3 is 6.03 Å². The van der Waals surface area contributed by atoms with Crippen LogP contribution in [0.1, 0.15) is 34.6 Å². The molecule has 1 unspecified atom stereocenters. The van der Waals surface area contributed by atoms with Crippen molar-refractivity contribution in [2.75, 3.05) is 6.54 Å². The molecule has 0 saturated heterocycles. The van der Waals surface area contributed by atoms with E-state index in [9.17, 15) is 14.0 Å². The lowest BCUT2D eigenvalue weighted by Crippen LogP contribution is -2.43. The number of benzene rings is 1. The SMILES string of the molecule is CC(C)CNC(=O)NC(=O)C(C)Sc1nnc(-c2ccccc2F)n1CC(C)C. The number of nitrogens with one attached hydrogen (secondary N) is 2. The van der Waals surface area contributed by atoms with Crippen LogP contribution in [0.4, 0.5) is 9.18 Å². The van der Waals surface area contributed by atoms with E-state index in [-0.39, 0.29) is 17.7 Å². The number of carbonyl (C=O) groups excluding carboxylic acids is 2. The van der Waals surface area contributed by atoms with Gasteiger partial charge in [-0.15, -0.1) is 10.2 Å². The molecule has 1 heterocycles. The van der Waals surface area contributed by atoms with Crippen molar-refractivity contribution in [1.82, 2.24) is 25.4 Å². The lowest BCUT2D eigenvalue weighted by Gasteiger charge is -2.15. The second kappa shape index (κ2) is 10.4. The zero-order valence-electron chi connectivity index (χ0n) is 17.4. The van der Waals surface area contributed by atoms with E-state index in [1.54, 1.807) is 25.1 Å². The monoisotopic (exact) mass is 421 g/mol. The molecular formula is C20H28FN5O2S. The van der Waals surface area contributed by atoms with Gasteiger partial charge < -0.3 is 9.88 Å². The minimum Gasteiger partial charge on any atom is -0.338 e. The van der Waals surface area contributed by atoms with Crippen LogP contribution in [-0.4, -0.2) is 38.5 Å². The lowest BCUT2D eigenvalue weighted by atomic mass is 10.2. The number of rotatable bonds is 8. The molecule has 158 valence electrons. The van der Waals surface area contributed by atoms with Gasteiger partial charge in [0, 0.05) is 13.1 Å². The number of nitrogens with zero attached hydrogens (tertiary/aromatic N) is 3. The van der Waals surface area contributed by atoms with Gasteiger partial charge in [0.05, 0.1) is 10.8 Å². The summed E-state index contributed by atoms with van der Waals surface area (Å²) >= 11 is 1.18. The Hall–Kier alpha value is -2.42. The molecule has 0 bridgehead atoms. The van der Waals surface area contributed by atoms with E-state index < -0.39 is 17.2 Å². The number of carbonyl (C=O) groups is 2. The Bertz CT molecular complexity index is 853. The molecule has 3 amide bonds. The summed E-state index contributed by atoms with van der Waals surface area (Å²) in [6.07, 6.45) is 0. The fourth-order valence-corrected chi connectivity index (χ4v) is 3.37. The summed E-state index contributed by atoms with van der Waals surface area (Å²) < 4.78 is 16.1. The van der Waals surface area contributed by atoms with Crippen molar-refractivity contribution >= 4 is 23.7 Å². The van der Waals surface area contributed by atoms with E-state index in [0.717, 1.165) is 0 Å². The second-order valence-corrected chi connectivity index (χ2v) is 8.95. The smallest absolute Gasteiger partial charge is 0.321 e. The van der Waals surface area contributed by atoms with Crippen molar-refractivity contribution in [2.24, 2.45) is 11.8 Å². The Morgan fingerprint density at radius 1 is 1.10 bits per heavy atom. The average Bonchev–Trinajstić information content (AvgIpc) is 3.01. The first-order valence-corrected chi connectivity index (χ1v) is 10.5. The molecule has 29 heavy (non-hydrogen) atoms. The highest BCUT2D eigenvalue weighted by Crippen LogP contribution is 2.29. The molecule has 0 spiro atoms. The molecule has 0 radical (unpaired) electrons. The second-order valence-electron chi connectivity index (χ2n) is 7.64. The quantitative estimate of drug-likeness (QED) is 0.635. The van der Waals surface area contributed by atoms with E-state index in [2.05, 4.69) is 20.8 Å². The molecule has 9 heteroatoms. The summed E-state index contributed by atoms with van der Waals surface area (Å²) in [5.41, 5.74) is 0.359. The zero-order valence-corrected chi connectivity index (χ0v) is 18.2. The van der Waals surface area contributed by atoms with Crippen molar-refractivity contribution in [3.63, 3.8) is 0 Å². The Morgan fingerprint density at radius 2 is 1.79 bits per heavy atom. The first-order valence-electron chi connectivity index (χ1n) is 9.62. The number of urea groups is 1. The Morgan fingerprint density at radius 3 is 2.41 bits per heavy atom. The molecule has 0 fully saturated rings. The number of halogens is 1. The molecule has 2 aromatic rings. The lowest BCUT2D eigenvalue weighted by molar-refractivity contribution is -0.119. The van der Waals surface area contributed by atoms with Gasteiger partial charge in [0.15, 0.2) is 11.0 Å². The number of hydrogen-bond acceptors (Lipinski definition) is 5. The molecule has 1 aromatic carbocycles. The minimum atomic E-state index is -0.580. The predicted octanol–water partition coefficient (Wildman–Crippen LogP) is 3.70. The number of aromatic nitrogens is 3. The van der Waals surface area contributed by atoms with Crippen LogP contribution >= 0.6 is 11.8 Å². The topological polar surface area (TPSA) is 88.9 Å². The normalized spacial score (nSPS) is 12.3. The van der Waals surface area contributed by atoms with Gasteiger partial charge in [-0.05, 0) is 30.9 Å². The summed E-state index contributed by atoms with van der Waals surface area (Å²) in [5.74, 6) is 0.161. The number of imide groups is 1. The maximum absolute atomic E-state index is 14.3. The number of amides is 3. The van der Waals surface area contributed by atoms with Gasteiger partial charge in [-0.1, -0.05) is 51.6 Å². The molecule has 0 aliphatic heterocycles. The third-order valence-electron chi connectivity index (χ3n) is 3.94. The Balaban J connectivity index is 2.16. The molecule has 0 aliphatic carbocycles. The molecule has 0 aliphatic rings. The average molecular weight is 422 g/mol. The highest BCUT2D eigenvalue weighted by molar-refractivity contribution is 8.00. The standard InChI is InChI=1S/C20H28FN5O2S/c1-12(2)10-22-19(28)23-18(27)14(5)29-20-25-24-17(26(20)11-13(3)4)15-8-6-7-9-16(15)21/h6-9,12-14H,10-11H2,1-5H3,(H2,22,23,27,28). The highest BCUT2D eigenvalue weighted by Gasteiger charge is 2.23. The van der Waals surface area contributed by atoms with Crippen LogP contribution < -0.4 is 10.6 Å². The van der Waals surface area contributed by atoms with Gasteiger partial charge in [0.2, 0.25) is 5.91 Å². The largest absolute Gasteiger partial charge is 0.338 e. The molecule has 0 saturated carbocycles. The molecular weight excluding hydrogens is 393 g/mol. The fourth-order valence-electron chi connectivity index (χ4n) is 2.51. The van der Waals surface area contributed by atoms with Crippen molar-refractivity contribution in [2.45, 2.75) is 51.6 Å². The molecule has 1 aromatic heterocycles. The van der Waals surface area contributed by atoms with Crippen LogP contribution in [-0.2, 0) is 11.3 Å². The third kappa shape index (κ3) is 6.56. The fraction of sp³-hybridized carbons (Fsp3) is 0.500. The van der Waals surface area contributed by atoms with E-state index in [0.29, 0.717) is 29.6 Å². The molecule has 7 nitrogen and oxygen atoms in total. The number of hydrogen-bond donors (Lipinski definition) is 2. The van der Waals surface area contributed by atoms with Crippen molar-refractivity contribution < 1.29 is 14.0 Å². The van der Waals surface area contributed by atoms with Gasteiger partial charge in [0.1, 0.15) is 5.82 Å². The van der Waals surface area contributed by atoms with Crippen LogP contribution in [0.3, 0.4) is 0 Å². The molecule has 2 rings (SSSR count). The van der Waals surface area contributed by atoms with Gasteiger partial charge in [-0.2, -0.15) is 0 Å². The minimum absolute atomic E-state index is 0.266. The molecule has 1 atom stereocenters. The predicted molar refractivity (Wildman–Crippen MR) is 112 cm³/mol. The third-order valence-corrected chi connectivity index (χ3v) is 5.02. The van der Waals surface area contributed by atoms with Crippen LogP contribution in [0.2, 0.25) is 0 Å². The van der Waals surface area contributed by atoms with Crippen LogP contribution in [0.25, 0.3) is 11.4 Å². The summed E-state index contributed by atoms with van der Waals surface area (Å²) in [6, 6.07) is 5.87. The Kier molecular flexibility index (Phi) is 8.19. The number of thioether (sulfide) groups is 1. The van der Waals surface area contributed by atoms with Crippen LogP contribution in [0, 0.1) is 17.7 Å². The van der Waals surface area contributed by atoms with Crippen molar-refractivity contribution in [3.8, 4) is 11.4 Å². The molecule has 2 N–H and O–H groups in total. The van der Waals surface area contributed by atoms with E-state index >= 15 is 0 Å². The maximum atomic E-state index is 14.3. The summed E-state index contributed by atoms with van der Waals surface area (Å²) in [4.78, 5) is 24.2. The summed E-state index contributed by atoms with van der Waals surface area (Å²) in [5, 5.41) is 13.2. The van der Waals surface area contributed by atoms with Crippen molar-refractivity contribution in [3.05, 3.63) is 30.1 Å². The maximum Gasteiger partial charge on any atom is 0.321 e. The zero-order chi connectivity index (χ0) is 21.6. The van der Waals surface area contributed by atoms with Gasteiger partial charge in [-0.3, -0.25) is 10.1 Å². The summed E-state index contributed by atoms with van der Waals surface area (Å²) in [7, 11) is 0. The highest BCUT2D eigenvalue weighted by atomic mass is 32.2. The van der Waals surface area contributed by atoms with E-state index in [4.69, 9.17) is 0 Å². The van der Waals surface area contributed by atoms with Crippen LogP contribution in [0.15, 0.2) is 29.4 Å². The van der Waals surface area contributed by atoms with Crippen molar-refractivity contribution in [1.29, 1.82) is 0 Å². The first-order chi connectivity index (χ1) is 13.7. The van der Waals surface area contributed by atoms with E-state index in [1.165, 1.54) is 17.8 Å². The first kappa shape index (κ1) is 22.9. The summed E-state index contributed by atoms with van der Waals surface area (Å²) in [6.45, 7) is 10.7. The Labute approximate surface area is 174 Å². The van der Waals surface area contributed by atoms with Gasteiger partial charge in [-0.25, -0.2) is 9.18 Å². The van der Waals surface area contributed by atoms with Crippen LogP contribution in [0.5, 0.6) is 0 Å².